The predicted molar refractivity (Wildman–Crippen MR) is 122 cm³/mol. The minimum Gasteiger partial charge on any atom is -0.392 e. The van der Waals surface area contributed by atoms with E-state index in [9.17, 15) is 17.9 Å². The largest absolute Gasteiger partial charge is 0.392 e. The van der Waals surface area contributed by atoms with Gasteiger partial charge in [0.15, 0.2) is 5.82 Å². The van der Waals surface area contributed by atoms with Crippen molar-refractivity contribution in [1.82, 2.24) is 9.97 Å². The molecule has 0 aliphatic heterocycles. The van der Waals surface area contributed by atoms with Crippen molar-refractivity contribution in [1.29, 1.82) is 0 Å². The van der Waals surface area contributed by atoms with E-state index in [2.05, 4.69) is 14.7 Å². The van der Waals surface area contributed by atoms with Crippen LogP contribution in [-0.2, 0) is 16.6 Å². The highest BCUT2D eigenvalue weighted by Gasteiger charge is 2.24. The monoisotopic (exact) mass is 510 g/mol. The topological polar surface area (TPSA) is 118 Å². The summed E-state index contributed by atoms with van der Waals surface area (Å²) in [5, 5.41) is 9.59. The number of nitrogen functional groups attached to an aromatic ring is 1. The summed E-state index contributed by atoms with van der Waals surface area (Å²) in [6.45, 7) is -0.561. The number of nitrogens with two attached hydrogens (primary N) is 1. The van der Waals surface area contributed by atoms with Crippen LogP contribution in [0.2, 0.25) is 10.0 Å². The van der Waals surface area contributed by atoms with Gasteiger partial charge in [0.1, 0.15) is 10.7 Å². The van der Waals surface area contributed by atoms with Gasteiger partial charge in [-0.05, 0) is 47.5 Å². The molecule has 3 aromatic carbocycles. The smallest absolute Gasteiger partial charge is 0.263 e. The molecule has 7 nitrogen and oxygen atoms in total. The first kappa shape index (κ1) is 23.1. The molecule has 4 aromatic rings. The standard InChI is InChI=1S/C21H14Cl2F2N4O3S/c22-13-6-12(9-30)19(23)17(7-13)33(31,32)29-16-4-2-14(24)18(20(16)25)10-1-3-15-11(5-10)8-27-21(26)28-15/h1-8,29-30H,9H2,(H2,26,27,28). The van der Waals surface area contributed by atoms with Gasteiger partial charge in [-0.1, -0.05) is 29.3 Å². The van der Waals surface area contributed by atoms with Gasteiger partial charge in [-0.2, -0.15) is 0 Å². The predicted octanol–water partition coefficient (Wildman–Crippen LogP) is 4.76. The summed E-state index contributed by atoms with van der Waals surface area (Å²) in [7, 11) is -4.45. The maximum atomic E-state index is 15.3. The van der Waals surface area contributed by atoms with Crippen molar-refractivity contribution in [2.75, 3.05) is 10.5 Å². The lowest BCUT2D eigenvalue weighted by atomic mass is 10.0. The molecule has 1 heterocycles. The maximum Gasteiger partial charge on any atom is 0.263 e. The zero-order chi connectivity index (χ0) is 23.9. The molecule has 0 fully saturated rings. The number of fused-ring (bicyclic) bond motifs is 1. The normalized spacial score (nSPS) is 11.7. The van der Waals surface area contributed by atoms with Crippen molar-refractivity contribution in [3.63, 3.8) is 0 Å². The highest BCUT2D eigenvalue weighted by Crippen LogP contribution is 2.35. The van der Waals surface area contributed by atoms with Gasteiger partial charge < -0.3 is 10.8 Å². The van der Waals surface area contributed by atoms with Crippen LogP contribution in [0.3, 0.4) is 0 Å². The zero-order valence-corrected chi connectivity index (χ0v) is 18.8. The molecule has 12 heteroatoms. The van der Waals surface area contributed by atoms with E-state index in [0.29, 0.717) is 10.9 Å². The number of anilines is 2. The Morgan fingerprint density at radius 1 is 1.09 bits per heavy atom. The molecule has 33 heavy (non-hydrogen) atoms. The van der Waals surface area contributed by atoms with Crippen LogP contribution in [0.1, 0.15) is 5.56 Å². The van der Waals surface area contributed by atoms with Crippen molar-refractivity contribution in [3.05, 3.63) is 75.9 Å². The molecule has 0 unspecified atom stereocenters. The second-order valence-electron chi connectivity index (χ2n) is 6.93. The molecule has 0 aliphatic carbocycles. The van der Waals surface area contributed by atoms with Gasteiger partial charge in [0, 0.05) is 16.6 Å². The van der Waals surface area contributed by atoms with E-state index < -0.39 is 44.4 Å². The fourth-order valence-electron chi connectivity index (χ4n) is 3.23. The molecule has 0 aliphatic rings. The highest BCUT2D eigenvalue weighted by molar-refractivity contribution is 7.92. The Labute approximate surface area is 196 Å². The van der Waals surface area contributed by atoms with E-state index in [1.165, 1.54) is 30.5 Å². The van der Waals surface area contributed by atoms with Gasteiger partial charge in [-0.25, -0.2) is 27.2 Å². The van der Waals surface area contributed by atoms with E-state index in [1.807, 2.05) is 0 Å². The number of aliphatic hydroxyl groups excluding tert-OH is 1. The van der Waals surface area contributed by atoms with Crippen molar-refractivity contribution in [2.45, 2.75) is 11.5 Å². The number of benzene rings is 3. The molecular weight excluding hydrogens is 497 g/mol. The highest BCUT2D eigenvalue weighted by atomic mass is 35.5. The molecule has 0 bridgehead atoms. The molecule has 0 saturated carbocycles. The summed E-state index contributed by atoms with van der Waals surface area (Å²) in [5.41, 5.74) is 5.26. The summed E-state index contributed by atoms with van der Waals surface area (Å²) in [6, 6.07) is 8.63. The van der Waals surface area contributed by atoms with Gasteiger partial charge in [-0.15, -0.1) is 0 Å². The molecule has 0 radical (unpaired) electrons. The van der Waals surface area contributed by atoms with Gasteiger partial charge in [-0.3, -0.25) is 4.72 Å². The molecule has 170 valence electrons. The van der Waals surface area contributed by atoms with Crippen molar-refractivity contribution in [3.8, 4) is 11.1 Å². The molecular formula is C21H14Cl2F2N4O3S. The Morgan fingerprint density at radius 2 is 1.85 bits per heavy atom. The Kier molecular flexibility index (Phi) is 6.10. The quantitative estimate of drug-likeness (QED) is 0.356. The Bertz CT molecular complexity index is 1520. The number of hydrogen-bond acceptors (Lipinski definition) is 6. The van der Waals surface area contributed by atoms with E-state index in [-0.39, 0.29) is 27.1 Å². The first-order valence-electron chi connectivity index (χ1n) is 9.23. The SMILES string of the molecule is Nc1ncc2cc(-c3c(F)ccc(NS(=O)(=O)c4cc(Cl)cc(CO)c4Cl)c3F)ccc2n1. The first-order valence-corrected chi connectivity index (χ1v) is 11.5. The van der Waals surface area contributed by atoms with Crippen LogP contribution >= 0.6 is 23.2 Å². The van der Waals surface area contributed by atoms with Crippen LogP contribution in [0.4, 0.5) is 20.4 Å². The second-order valence-corrected chi connectivity index (χ2v) is 9.39. The zero-order valence-electron chi connectivity index (χ0n) is 16.5. The molecule has 1 aromatic heterocycles. The Morgan fingerprint density at radius 3 is 2.58 bits per heavy atom. The minimum absolute atomic E-state index is 0.00288. The summed E-state index contributed by atoms with van der Waals surface area (Å²) in [6.07, 6.45) is 1.41. The molecule has 0 amide bonds. The number of nitrogens with zero attached hydrogens (tertiary/aromatic N) is 2. The molecule has 0 spiro atoms. The van der Waals surface area contributed by atoms with Crippen molar-refractivity contribution < 1.29 is 22.3 Å². The van der Waals surface area contributed by atoms with Gasteiger partial charge in [0.05, 0.1) is 28.4 Å². The average Bonchev–Trinajstić information content (AvgIpc) is 2.77. The van der Waals surface area contributed by atoms with Crippen LogP contribution in [0.15, 0.2) is 53.6 Å². The van der Waals surface area contributed by atoms with E-state index in [4.69, 9.17) is 28.9 Å². The lowest BCUT2D eigenvalue weighted by Gasteiger charge is -2.15. The molecule has 4 rings (SSSR count). The van der Waals surface area contributed by atoms with Crippen LogP contribution in [-0.4, -0.2) is 23.5 Å². The second kappa shape index (κ2) is 8.71. The summed E-state index contributed by atoms with van der Waals surface area (Å²) < 4.78 is 57.8. The number of aromatic nitrogens is 2. The van der Waals surface area contributed by atoms with E-state index >= 15 is 4.39 Å². The molecule has 0 atom stereocenters. The van der Waals surface area contributed by atoms with E-state index in [0.717, 1.165) is 18.2 Å². The Balaban J connectivity index is 1.80. The third-order valence-corrected chi connectivity index (χ3v) is 6.93. The van der Waals surface area contributed by atoms with Gasteiger partial charge in [0.25, 0.3) is 10.0 Å². The van der Waals surface area contributed by atoms with E-state index in [1.54, 1.807) is 0 Å². The van der Waals surface area contributed by atoms with Crippen molar-refractivity contribution in [2.24, 2.45) is 0 Å². The lowest BCUT2D eigenvalue weighted by Crippen LogP contribution is -2.15. The number of aliphatic hydroxyl groups is 1. The first-order chi connectivity index (χ1) is 15.6. The third-order valence-electron chi connectivity index (χ3n) is 4.76. The summed E-state index contributed by atoms with van der Waals surface area (Å²) >= 11 is 12.0. The van der Waals surface area contributed by atoms with Crippen LogP contribution in [0.25, 0.3) is 22.0 Å². The number of sulfonamides is 1. The third kappa shape index (κ3) is 4.42. The number of hydrogen-bond donors (Lipinski definition) is 3. The Hall–Kier alpha value is -3.05. The number of nitrogens with one attached hydrogen (secondary N) is 1. The maximum absolute atomic E-state index is 15.3. The van der Waals surface area contributed by atoms with Crippen LogP contribution in [0.5, 0.6) is 0 Å². The summed E-state index contributed by atoms with van der Waals surface area (Å²) in [5.74, 6) is -2.00. The lowest BCUT2D eigenvalue weighted by molar-refractivity contribution is 0.281. The van der Waals surface area contributed by atoms with Crippen LogP contribution in [0, 0.1) is 11.6 Å². The van der Waals surface area contributed by atoms with Gasteiger partial charge >= 0.3 is 0 Å². The number of halogens is 4. The minimum atomic E-state index is -4.45. The van der Waals surface area contributed by atoms with Crippen LogP contribution < -0.4 is 10.5 Å². The summed E-state index contributed by atoms with van der Waals surface area (Å²) in [4.78, 5) is 7.43. The number of rotatable bonds is 5. The van der Waals surface area contributed by atoms with Crippen molar-refractivity contribution >= 4 is 55.8 Å². The average molecular weight is 511 g/mol. The fraction of sp³-hybridized carbons (Fsp3) is 0.0476. The molecule has 4 N–H and O–H groups in total. The molecule has 0 saturated heterocycles. The fourth-order valence-corrected chi connectivity index (χ4v) is 5.21. The van der Waals surface area contributed by atoms with Gasteiger partial charge in [0.2, 0.25) is 5.95 Å².